The highest BCUT2D eigenvalue weighted by Gasteiger charge is 2.27. The van der Waals surface area contributed by atoms with Crippen molar-refractivity contribution in [1.29, 1.82) is 0 Å². The van der Waals surface area contributed by atoms with E-state index in [1.807, 2.05) is 6.21 Å². The van der Waals surface area contributed by atoms with Crippen LogP contribution in [0.4, 0.5) is 0 Å². The van der Waals surface area contributed by atoms with E-state index in [0.717, 1.165) is 35.9 Å². The SMILES string of the molecule is C=C1C=C(C2=NCC(CC)c3cccc(CC4CCCCC4)c32)C=N1. The van der Waals surface area contributed by atoms with Gasteiger partial charge in [-0.05, 0) is 36.0 Å². The minimum Gasteiger partial charge on any atom is -0.283 e. The monoisotopic (exact) mass is 332 g/mol. The number of allylic oxidation sites excluding steroid dienone is 2. The molecule has 1 saturated carbocycles. The van der Waals surface area contributed by atoms with Crippen LogP contribution in [0.3, 0.4) is 0 Å². The van der Waals surface area contributed by atoms with Crippen LogP contribution in [0, 0.1) is 5.92 Å². The van der Waals surface area contributed by atoms with Crippen LogP contribution in [-0.2, 0) is 6.42 Å². The zero-order valence-electron chi connectivity index (χ0n) is 15.3. The molecule has 1 atom stereocenters. The van der Waals surface area contributed by atoms with Gasteiger partial charge < -0.3 is 0 Å². The summed E-state index contributed by atoms with van der Waals surface area (Å²) in [5.41, 5.74) is 7.51. The lowest BCUT2D eigenvalue weighted by atomic mass is 9.78. The fourth-order valence-corrected chi connectivity index (χ4v) is 4.62. The lowest BCUT2D eigenvalue weighted by Crippen LogP contribution is -2.22. The second-order valence-corrected chi connectivity index (χ2v) is 7.73. The van der Waals surface area contributed by atoms with Crippen molar-refractivity contribution in [3.63, 3.8) is 0 Å². The molecule has 1 aromatic rings. The van der Waals surface area contributed by atoms with Gasteiger partial charge in [0.05, 0.1) is 11.4 Å². The Morgan fingerprint density at radius 2 is 2.00 bits per heavy atom. The molecule has 4 rings (SSSR count). The molecule has 130 valence electrons. The number of benzene rings is 1. The third kappa shape index (κ3) is 3.27. The lowest BCUT2D eigenvalue weighted by molar-refractivity contribution is 0.356. The van der Waals surface area contributed by atoms with Crippen molar-refractivity contribution < 1.29 is 0 Å². The predicted octanol–water partition coefficient (Wildman–Crippen LogP) is 5.63. The zero-order chi connectivity index (χ0) is 17.2. The normalized spacial score (nSPS) is 23.4. The van der Waals surface area contributed by atoms with Crippen LogP contribution in [0.5, 0.6) is 0 Å². The molecule has 1 aromatic carbocycles. The number of fused-ring (bicyclic) bond motifs is 1. The van der Waals surface area contributed by atoms with E-state index >= 15 is 0 Å². The van der Waals surface area contributed by atoms with Crippen LogP contribution in [0.1, 0.15) is 68.1 Å². The number of nitrogens with zero attached hydrogens (tertiary/aromatic N) is 2. The molecule has 0 bridgehead atoms. The highest BCUT2D eigenvalue weighted by Crippen LogP contribution is 2.36. The topological polar surface area (TPSA) is 24.7 Å². The molecule has 0 spiro atoms. The average Bonchev–Trinajstić information content (AvgIpc) is 3.08. The van der Waals surface area contributed by atoms with E-state index in [2.05, 4.69) is 42.8 Å². The van der Waals surface area contributed by atoms with E-state index in [1.54, 1.807) is 0 Å². The van der Waals surface area contributed by atoms with Crippen molar-refractivity contribution in [2.24, 2.45) is 15.9 Å². The number of aliphatic imine (C=N–C) groups is 2. The van der Waals surface area contributed by atoms with Gasteiger partial charge in [-0.25, -0.2) is 0 Å². The van der Waals surface area contributed by atoms with E-state index < -0.39 is 0 Å². The summed E-state index contributed by atoms with van der Waals surface area (Å²) in [5, 5.41) is 0. The largest absolute Gasteiger partial charge is 0.283 e. The van der Waals surface area contributed by atoms with Gasteiger partial charge in [0.2, 0.25) is 0 Å². The minimum atomic E-state index is 0.548. The Morgan fingerprint density at radius 3 is 2.72 bits per heavy atom. The van der Waals surface area contributed by atoms with E-state index in [0.29, 0.717) is 5.92 Å². The van der Waals surface area contributed by atoms with Crippen LogP contribution < -0.4 is 0 Å². The summed E-state index contributed by atoms with van der Waals surface area (Å²) < 4.78 is 0. The second kappa shape index (κ2) is 7.11. The molecule has 2 nitrogen and oxygen atoms in total. The predicted molar refractivity (Wildman–Crippen MR) is 107 cm³/mol. The molecule has 3 aliphatic rings. The van der Waals surface area contributed by atoms with E-state index in [-0.39, 0.29) is 0 Å². The third-order valence-corrected chi connectivity index (χ3v) is 6.02. The van der Waals surface area contributed by atoms with Crippen LogP contribution >= 0.6 is 0 Å². The van der Waals surface area contributed by atoms with Gasteiger partial charge >= 0.3 is 0 Å². The van der Waals surface area contributed by atoms with Crippen molar-refractivity contribution in [3.8, 4) is 0 Å². The summed E-state index contributed by atoms with van der Waals surface area (Å²) in [6, 6.07) is 6.92. The number of rotatable bonds is 4. The van der Waals surface area contributed by atoms with Crippen LogP contribution in [0.15, 0.2) is 52.1 Å². The Labute approximate surface area is 151 Å². The third-order valence-electron chi connectivity index (χ3n) is 6.02. The van der Waals surface area contributed by atoms with Crippen LogP contribution in [0.25, 0.3) is 0 Å². The quantitative estimate of drug-likeness (QED) is 0.682. The van der Waals surface area contributed by atoms with Crippen molar-refractivity contribution in [2.45, 2.75) is 57.8 Å². The minimum absolute atomic E-state index is 0.548. The summed E-state index contributed by atoms with van der Waals surface area (Å²) in [6.07, 6.45) is 13.3. The van der Waals surface area contributed by atoms with Crippen molar-refractivity contribution in [1.82, 2.24) is 0 Å². The molecule has 2 heterocycles. The molecule has 0 saturated heterocycles. The maximum atomic E-state index is 5.01. The molecule has 0 N–H and O–H groups in total. The standard InChI is InChI=1S/C23H28N2/c1-3-18-14-25-23(20-12-16(2)24-15-20)22-19(10-7-11-21(18)22)13-17-8-5-4-6-9-17/h7,10-12,15,17-18H,2-6,8-9,13-14H2,1H3. The average molecular weight is 332 g/mol. The van der Waals surface area contributed by atoms with E-state index in [1.165, 1.54) is 55.2 Å². The van der Waals surface area contributed by atoms with E-state index in [9.17, 15) is 0 Å². The molecule has 0 amide bonds. The maximum Gasteiger partial charge on any atom is 0.0741 e. The second-order valence-electron chi connectivity index (χ2n) is 7.73. The van der Waals surface area contributed by atoms with Gasteiger partial charge in [0.15, 0.2) is 0 Å². The first kappa shape index (κ1) is 16.5. The molecule has 0 radical (unpaired) electrons. The highest BCUT2D eigenvalue weighted by molar-refractivity contribution is 6.26. The van der Waals surface area contributed by atoms with Crippen molar-refractivity contribution in [3.05, 3.63) is 58.8 Å². The fourth-order valence-electron chi connectivity index (χ4n) is 4.62. The zero-order valence-corrected chi connectivity index (χ0v) is 15.3. The highest BCUT2D eigenvalue weighted by atomic mass is 14.8. The molecule has 25 heavy (non-hydrogen) atoms. The van der Waals surface area contributed by atoms with Crippen molar-refractivity contribution >= 4 is 11.9 Å². The Morgan fingerprint density at radius 1 is 1.16 bits per heavy atom. The number of hydrogen-bond acceptors (Lipinski definition) is 2. The molecule has 1 aliphatic carbocycles. The fraction of sp³-hybridized carbons (Fsp3) is 0.478. The smallest absolute Gasteiger partial charge is 0.0741 e. The molecule has 2 aliphatic heterocycles. The Balaban J connectivity index is 1.74. The van der Waals surface area contributed by atoms with Gasteiger partial charge in [-0.3, -0.25) is 9.98 Å². The maximum absolute atomic E-state index is 5.01. The molecule has 1 fully saturated rings. The Bertz CT molecular complexity index is 760. The first-order valence-corrected chi connectivity index (χ1v) is 9.88. The van der Waals surface area contributed by atoms with Gasteiger partial charge in [-0.1, -0.05) is 63.8 Å². The van der Waals surface area contributed by atoms with E-state index in [4.69, 9.17) is 4.99 Å². The summed E-state index contributed by atoms with van der Waals surface area (Å²) in [5.74, 6) is 1.39. The Kier molecular flexibility index (Phi) is 4.70. The molecule has 1 unspecified atom stereocenters. The van der Waals surface area contributed by atoms with Crippen LogP contribution in [-0.4, -0.2) is 18.5 Å². The van der Waals surface area contributed by atoms with Crippen LogP contribution in [0.2, 0.25) is 0 Å². The lowest BCUT2D eigenvalue weighted by Gasteiger charge is -2.29. The van der Waals surface area contributed by atoms with Crippen molar-refractivity contribution in [2.75, 3.05) is 6.54 Å². The number of hydrogen-bond donors (Lipinski definition) is 0. The van der Waals surface area contributed by atoms with Gasteiger partial charge in [0, 0.05) is 29.8 Å². The Hall–Kier alpha value is -1.96. The summed E-state index contributed by atoms with van der Waals surface area (Å²) in [6.45, 7) is 7.14. The summed E-state index contributed by atoms with van der Waals surface area (Å²) in [7, 11) is 0. The first-order chi connectivity index (χ1) is 12.3. The molecule has 0 aromatic heterocycles. The first-order valence-electron chi connectivity index (χ1n) is 9.88. The van der Waals surface area contributed by atoms with Gasteiger partial charge in [0.25, 0.3) is 0 Å². The van der Waals surface area contributed by atoms with Gasteiger partial charge in [0.1, 0.15) is 0 Å². The summed E-state index contributed by atoms with van der Waals surface area (Å²) >= 11 is 0. The molecular weight excluding hydrogens is 304 g/mol. The summed E-state index contributed by atoms with van der Waals surface area (Å²) in [4.78, 5) is 9.37. The molecule has 2 heteroatoms. The van der Waals surface area contributed by atoms with Gasteiger partial charge in [-0.15, -0.1) is 0 Å². The van der Waals surface area contributed by atoms with Gasteiger partial charge in [-0.2, -0.15) is 0 Å². The molecular formula is C23H28N2.